The van der Waals surface area contributed by atoms with E-state index in [1.54, 1.807) is 19.2 Å². The number of halogens is 3. The smallest absolute Gasteiger partial charge is 0.405 e. The zero-order chi connectivity index (χ0) is 25.5. The Morgan fingerprint density at radius 1 is 1.09 bits per heavy atom. The van der Waals surface area contributed by atoms with Crippen molar-refractivity contribution in [3.63, 3.8) is 0 Å². The number of allylic oxidation sites excluding steroid dienone is 1. The Bertz CT molecular complexity index is 1010. The third-order valence-corrected chi connectivity index (χ3v) is 5.18. The molecule has 2 aromatic carbocycles. The highest BCUT2D eigenvalue weighted by atomic mass is 19.4. The number of hydrogen-bond donors (Lipinski definition) is 1. The van der Waals surface area contributed by atoms with E-state index in [9.17, 15) is 18.0 Å². The normalized spacial score (nSPS) is 11.9. The highest BCUT2D eigenvalue weighted by Gasteiger charge is 2.30. The standard InChI is InChI=1S/C25H31F3N2O4/c1-7-16(2)13-30(20-9-8-18(14-32-4)10-17(20)3)19-11-21(33-5)23(22(12-19)34-6)24(31)29-15-25(26,27)28/h8-13H,7,14-15H2,1-6H3,(H,29,31)/b16-13-. The van der Waals surface area contributed by atoms with E-state index in [1.807, 2.05) is 55.4 Å². The molecule has 0 aromatic heterocycles. The van der Waals surface area contributed by atoms with Gasteiger partial charge in [-0.3, -0.25) is 4.79 Å². The number of rotatable bonds is 10. The summed E-state index contributed by atoms with van der Waals surface area (Å²) in [6, 6.07) is 9.15. The second-order valence-electron chi connectivity index (χ2n) is 7.78. The number of carbonyl (C=O) groups is 1. The monoisotopic (exact) mass is 480 g/mol. The Morgan fingerprint density at radius 3 is 2.18 bits per heavy atom. The van der Waals surface area contributed by atoms with Gasteiger partial charge >= 0.3 is 6.18 Å². The summed E-state index contributed by atoms with van der Waals surface area (Å²) in [4.78, 5) is 14.5. The summed E-state index contributed by atoms with van der Waals surface area (Å²) >= 11 is 0. The van der Waals surface area contributed by atoms with Crippen LogP contribution in [0.15, 0.2) is 42.1 Å². The fraction of sp³-hybridized carbons (Fsp3) is 0.400. The minimum Gasteiger partial charge on any atom is -0.496 e. The van der Waals surface area contributed by atoms with Gasteiger partial charge in [0.25, 0.3) is 5.91 Å². The number of alkyl halides is 3. The second kappa shape index (κ2) is 11.8. The van der Waals surface area contributed by atoms with E-state index >= 15 is 0 Å². The molecule has 0 aliphatic carbocycles. The number of nitrogens with one attached hydrogen (secondary N) is 1. The molecule has 0 aliphatic rings. The largest absolute Gasteiger partial charge is 0.496 e. The zero-order valence-corrected chi connectivity index (χ0v) is 20.3. The summed E-state index contributed by atoms with van der Waals surface area (Å²) in [7, 11) is 4.33. The number of benzene rings is 2. The summed E-state index contributed by atoms with van der Waals surface area (Å²) in [6.07, 6.45) is -1.76. The summed E-state index contributed by atoms with van der Waals surface area (Å²) in [6.45, 7) is 5.03. The molecule has 6 nitrogen and oxygen atoms in total. The third kappa shape index (κ3) is 6.90. The van der Waals surface area contributed by atoms with Gasteiger partial charge in [0.1, 0.15) is 23.6 Å². The number of amides is 1. The predicted octanol–water partition coefficient (Wildman–Crippen LogP) is 5.90. The molecule has 1 amide bonds. The fourth-order valence-corrected chi connectivity index (χ4v) is 3.37. The Balaban J connectivity index is 2.63. The van der Waals surface area contributed by atoms with Crippen molar-refractivity contribution in [1.82, 2.24) is 5.32 Å². The molecule has 0 bridgehead atoms. The van der Waals surface area contributed by atoms with Crippen molar-refractivity contribution in [1.29, 1.82) is 0 Å². The molecule has 0 saturated carbocycles. The fourth-order valence-electron chi connectivity index (χ4n) is 3.37. The van der Waals surface area contributed by atoms with E-state index in [0.29, 0.717) is 12.3 Å². The molecule has 0 aliphatic heterocycles. The van der Waals surface area contributed by atoms with E-state index in [-0.39, 0.29) is 17.1 Å². The van der Waals surface area contributed by atoms with Crippen LogP contribution in [0.4, 0.5) is 24.5 Å². The molecule has 0 atom stereocenters. The number of anilines is 2. The van der Waals surface area contributed by atoms with Gasteiger partial charge in [-0.15, -0.1) is 0 Å². The number of aryl methyl sites for hydroxylation is 1. The molecule has 186 valence electrons. The number of nitrogens with zero attached hydrogens (tertiary/aromatic N) is 1. The van der Waals surface area contributed by atoms with Crippen LogP contribution in [-0.4, -0.2) is 40.0 Å². The molecule has 34 heavy (non-hydrogen) atoms. The molecule has 0 radical (unpaired) electrons. The lowest BCUT2D eigenvalue weighted by molar-refractivity contribution is -0.123. The van der Waals surface area contributed by atoms with Crippen molar-refractivity contribution in [2.75, 3.05) is 32.8 Å². The summed E-state index contributed by atoms with van der Waals surface area (Å²) in [5, 5.41) is 1.88. The van der Waals surface area contributed by atoms with Gasteiger partial charge in [0.05, 0.1) is 26.5 Å². The van der Waals surface area contributed by atoms with Crippen molar-refractivity contribution >= 4 is 17.3 Å². The highest BCUT2D eigenvalue weighted by molar-refractivity contribution is 6.00. The van der Waals surface area contributed by atoms with E-state index in [0.717, 1.165) is 28.8 Å². The minimum absolute atomic E-state index is 0.0928. The van der Waals surface area contributed by atoms with Crippen molar-refractivity contribution in [3.05, 3.63) is 58.8 Å². The molecular formula is C25H31F3N2O4. The van der Waals surface area contributed by atoms with Crippen LogP contribution < -0.4 is 19.7 Å². The van der Waals surface area contributed by atoms with Gasteiger partial charge < -0.3 is 24.4 Å². The van der Waals surface area contributed by atoms with Gasteiger partial charge in [-0.05, 0) is 37.5 Å². The number of carbonyl (C=O) groups excluding carboxylic acids is 1. The molecule has 0 heterocycles. The second-order valence-corrected chi connectivity index (χ2v) is 7.78. The van der Waals surface area contributed by atoms with Crippen LogP contribution in [0.25, 0.3) is 0 Å². The molecule has 2 rings (SSSR count). The van der Waals surface area contributed by atoms with Crippen LogP contribution in [-0.2, 0) is 11.3 Å². The first kappa shape index (κ1) is 27.0. The molecule has 0 saturated heterocycles. The maximum Gasteiger partial charge on any atom is 0.405 e. The molecule has 9 heteroatoms. The molecule has 0 unspecified atom stereocenters. The summed E-state index contributed by atoms with van der Waals surface area (Å²) in [5.74, 6) is -0.755. The Hall–Kier alpha value is -3.20. The Kier molecular flexibility index (Phi) is 9.37. The number of methoxy groups -OCH3 is 3. The molecule has 0 fully saturated rings. The van der Waals surface area contributed by atoms with E-state index in [2.05, 4.69) is 0 Å². The first-order chi connectivity index (χ1) is 16.0. The average molecular weight is 481 g/mol. The lowest BCUT2D eigenvalue weighted by atomic mass is 10.1. The van der Waals surface area contributed by atoms with E-state index < -0.39 is 18.6 Å². The van der Waals surface area contributed by atoms with E-state index in [1.165, 1.54) is 14.2 Å². The van der Waals surface area contributed by atoms with Gasteiger partial charge in [-0.25, -0.2) is 0 Å². The highest BCUT2D eigenvalue weighted by Crippen LogP contribution is 2.39. The number of ether oxygens (including phenoxy) is 3. The summed E-state index contributed by atoms with van der Waals surface area (Å²) < 4.78 is 53.9. The van der Waals surface area contributed by atoms with Crippen LogP contribution in [0.5, 0.6) is 11.5 Å². The van der Waals surface area contributed by atoms with Crippen LogP contribution in [0.3, 0.4) is 0 Å². The third-order valence-electron chi connectivity index (χ3n) is 5.18. The molecule has 1 N–H and O–H groups in total. The zero-order valence-electron chi connectivity index (χ0n) is 20.3. The lowest BCUT2D eigenvalue weighted by Crippen LogP contribution is -2.34. The van der Waals surface area contributed by atoms with Crippen molar-refractivity contribution in [2.45, 2.75) is 40.0 Å². The van der Waals surface area contributed by atoms with Gasteiger partial charge in [0.2, 0.25) is 0 Å². The average Bonchev–Trinajstić information content (AvgIpc) is 2.80. The van der Waals surface area contributed by atoms with Crippen LogP contribution >= 0.6 is 0 Å². The van der Waals surface area contributed by atoms with Crippen molar-refractivity contribution < 1.29 is 32.2 Å². The van der Waals surface area contributed by atoms with Crippen LogP contribution in [0.1, 0.15) is 41.8 Å². The predicted molar refractivity (Wildman–Crippen MR) is 126 cm³/mol. The van der Waals surface area contributed by atoms with Crippen molar-refractivity contribution in [2.24, 2.45) is 0 Å². The maximum absolute atomic E-state index is 12.6. The topological polar surface area (TPSA) is 60.0 Å². The SMILES string of the molecule is CC/C(C)=C\N(c1cc(OC)c(C(=O)NCC(F)(F)F)c(OC)c1)c1ccc(COC)cc1C. The first-order valence-corrected chi connectivity index (χ1v) is 10.7. The minimum atomic E-state index is -4.54. The van der Waals surface area contributed by atoms with Crippen LogP contribution in [0.2, 0.25) is 0 Å². The van der Waals surface area contributed by atoms with Gasteiger partial charge in [-0.1, -0.05) is 24.6 Å². The van der Waals surface area contributed by atoms with Crippen molar-refractivity contribution in [3.8, 4) is 11.5 Å². The first-order valence-electron chi connectivity index (χ1n) is 10.7. The van der Waals surface area contributed by atoms with E-state index in [4.69, 9.17) is 14.2 Å². The molecular weight excluding hydrogens is 449 g/mol. The lowest BCUT2D eigenvalue weighted by Gasteiger charge is -2.26. The Morgan fingerprint density at radius 2 is 1.71 bits per heavy atom. The molecule has 0 spiro atoms. The molecule has 2 aromatic rings. The Labute approximate surface area is 198 Å². The quantitative estimate of drug-likeness (QED) is 0.459. The number of hydrogen-bond acceptors (Lipinski definition) is 5. The van der Waals surface area contributed by atoms with Gasteiger partial charge in [0.15, 0.2) is 0 Å². The summed E-state index contributed by atoms with van der Waals surface area (Å²) in [5.41, 5.74) is 4.49. The van der Waals surface area contributed by atoms with Gasteiger partial charge in [-0.2, -0.15) is 13.2 Å². The van der Waals surface area contributed by atoms with Crippen LogP contribution in [0, 0.1) is 6.92 Å². The maximum atomic E-state index is 12.6. The van der Waals surface area contributed by atoms with Gasteiger partial charge in [0, 0.05) is 31.1 Å².